The lowest BCUT2D eigenvalue weighted by Gasteiger charge is -2.34. The monoisotopic (exact) mass is 788 g/mol. The standard InChI is InChI=1S/C59H65N/c1-55(2,3)40-32-39(33-41(34-40)56(4,5)6)45-26-19-22-38-23-20-27-47(53(38)45)46-24-16-18-30-51(46)60(44-36-42(57(7,8)9)35-43(37-44)58(10,11)12)52-31-21-29-50-54(52)48-25-15-17-28-49(48)59(50,13)14/h15-37H,1-14H3. The van der Waals surface area contributed by atoms with E-state index in [2.05, 4.69) is 241 Å². The minimum absolute atomic E-state index is 0.00709. The largest absolute Gasteiger partial charge is 0.309 e. The zero-order valence-corrected chi connectivity index (χ0v) is 38.7. The van der Waals surface area contributed by atoms with Gasteiger partial charge in [0.05, 0.1) is 11.4 Å². The van der Waals surface area contributed by atoms with Gasteiger partial charge in [0, 0.05) is 22.2 Å². The van der Waals surface area contributed by atoms with Crippen molar-refractivity contribution in [1.82, 2.24) is 0 Å². The molecule has 60 heavy (non-hydrogen) atoms. The summed E-state index contributed by atoms with van der Waals surface area (Å²) < 4.78 is 0. The van der Waals surface area contributed by atoms with Crippen LogP contribution in [0.1, 0.15) is 130 Å². The van der Waals surface area contributed by atoms with Gasteiger partial charge in [-0.05, 0) is 112 Å². The predicted octanol–water partition coefficient (Wildman–Crippen LogP) is 17.1. The van der Waals surface area contributed by atoms with Gasteiger partial charge >= 0.3 is 0 Å². The Bertz CT molecular complexity index is 2690. The van der Waals surface area contributed by atoms with Crippen molar-refractivity contribution < 1.29 is 0 Å². The molecular formula is C59H65N. The molecule has 1 aliphatic rings. The molecule has 7 aromatic rings. The van der Waals surface area contributed by atoms with Crippen LogP contribution in [-0.4, -0.2) is 0 Å². The van der Waals surface area contributed by atoms with Crippen LogP contribution in [0.25, 0.3) is 44.2 Å². The first kappa shape index (κ1) is 41.3. The maximum absolute atomic E-state index is 2.59. The molecule has 0 N–H and O–H groups in total. The van der Waals surface area contributed by atoms with Crippen molar-refractivity contribution in [1.29, 1.82) is 0 Å². The lowest BCUT2D eigenvalue weighted by Crippen LogP contribution is -2.20. The SMILES string of the molecule is CC(C)(C)c1cc(-c2cccc3cccc(-c4ccccc4N(c4cc(C(C)(C)C)cc(C(C)(C)C)c4)c4cccc5c4-c4ccccc4C5(C)C)c23)cc(C(C)(C)C)c1. The minimum Gasteiger partial charge on any atom is -0.309 e. The molecule has 0 aromatic heterocycles. The van der Waals surface area contributed by atoms with E-state index >= 15 is 0 Å². The molecule has 0 saturated carbocycles. The molecule has 8 rings (SSSR count). The van der Waals surface area contributed by atoms with Crippen molar-refractivity contribution in [3.05, 3.63) is 173 Å². The fourth-order valence-corrected chi connectivity index (χ4v) is 9.29. The van der Waals surface area contributed by atoms with Crippen molar-refractivity contribution in [3.8, 4) is 33.4 Å². The molecule has 0 bridgehead atoms. The van der Waals surface area contributed by atoms with Crippen LogP contribution in [0.5, 0.6) is 0 Å². The van der Waals surface area contributed by atoms with E-state index in [1.807, 2.05) is 0 Å². The number of hydrogen-bond acceptors (Lipinski definition) is 1. The summed E-state index contributed by atoms with van der Waals surface area (Å²) in [7, 11) is 0. The van der Waals surface area contributed by atoms with E-state index in [0.717, 1.165) is 0 Å². The van der Waals surface area contributed by atoms with Crippen molar-refractivity contribution in [2.45, 2.75) is 124 Å². The zero-order chi connectivity index (χ0) is 43.2. The van der Waals surface area contributed by atoms with Crippen LogP contribution < -0.4 is 4.90 Å². The van der Waals surface area contributed by atoms with Gasteiger partial charge in [-0.1, -0.05) is 212 Å². The second kappa shape index (κ2) is 14.4. The molecule has 7 aromatic carbocycles. The highest BCUT2D eigenvalue weighted by Gasteiger charge is 2.38. The lowest BCUT2D eigenvalue weighted by molar-refractivity contribution is 0.568. The third-order valence-electron chi connectivity index (χ3n) is 13.1. The first-order valence-corrected chi connectivity index (χ1v) is 22.0. The van der Waals surface area contributed by atoms with Crippen molar-refractivity contribution in [2.24, 2.45) is 0 Å². The van der Waals surface area contributed by atoms with Crippen LogP contribution in [0.4, 0.5) is 17.1 Å². The maximum Gasteiger partial charge on any atom is 0.0543 e. The number of nitrogens with zero attached hydrogens (tertiary/aromatic N) is 1. The molecule has 306 valence electrons. The number of benzene rings is 7. The highest BCUT2D eigenvalue weighted by Crippen LogP contribution is 2.56. The van der Waals surface area contributed by atoms with Crippen LogP contribution in [0, 0.1) is 0 Å². The summed E-state index contributed by atoms with van der Waals surface area (Å²) >= 11 is 0. The first-order chi connectivity index (χ1) is 28.0. The summed E-state index contributed by atoms with van der Waals surface area (Å²) in [5.74, 6) is 0. The van der Waals surface area contributed by atoms with Gasteiger partial charge in [-0.25, -0.2) is 0 Å². The summed E-state index contributed by atoms with van der Waals surface area (Å²) in [5.41, 5.74) is 19.1. The average molecular weight is 788 g/mol. The highest BCUT2D eigenvalue weighted by molar-refractivity contribution is 6.09. The Hall–Kier alpha value is -5.40. The Morgan fingerprint density at radius 2 is 0.817 bits per heavy atom. The molecule has 1 nitrogen and oxygen atoms in total. The topological polar surface area (TPSA) is 3.24 Å². The summed E-state index contributed by atoms with van der Waals surface area (Å²) in [6.45, 7) is 32.8. The number of rotatable bonds is 5. The number of para-hydroxylation sites is 1. The summed E-state index contributed by atoms with van der Waals surface area (Å²) in [5, 5.41) is 2.52. The average Bonchev–Trinajstić information content (AvgIpc) is 3.42. The Kier molecular flexibility index (Phi) is 9.90. The van der Waals surface area contributed by atoms with Crippen molar-refractivity contribution in [2.75, 3.05) is 4.90 Å². The van der Waals surface area contributed by atoms with E-state index in [4.69, 9.17) is 0 Å². The Balaban J connectivity index is 1.47. The fourth-order valence-electron chi connectivity index (χ4n) is 9.29. The van der Waals surface area contributed by atoms with E-state index in [1.54, 1.807) is 0 Å². The van der Waals surface area contributed by atoms with Gasteiger partial charge in [-0.2, -0.15) is 0 Å². The zero-order valence-electron chi connectivity index (χ0n) is 38.7. The van der Waals surface area contributed by atoms with E-state index in [0.29, 0.717) is 0 Å². The Labute approximate surface area is 361 Å². The van der Waals surface area contributed by atoms with Gasteiger partial charge < -0.3 is 4.90 Å². The molecule has 0 radical (unpaired) electrons. The highest BCUT2D eigenvalue weighted by atomic mass is 15.1. The summed E-state index contributed by atoms with van der Waals surface area (Å²) in [6.07, 6.45) is 0. The second-order valence-corrected chi connectivity index (χ2v) is 22.0. The van der Waals surface area contributed by atoms with E-state index in [-0.39, 0.29) is 27.1 Å². The van der Waals surface area contributed by atoms with Gasteiger partial charge in [0.15, 0.2) is 0 Å². The van der Waals surface area contributed by atoms with Crippen LogP contribution in [0.15, 0.2) is 140 Å². The normalized spacial score (nSPS) is 14.0. The Morgan fingerprint density at radius 1 is 0.383 bits per heavy atom. The quantitative estimate of drug-likeness (QED) is 0.168. The minimum atomic E-state index is -0.130. The first-order valence-electron chi connectivity index (χ1n) is 22.0. The molecule has 0 amide bonds. The van der Waals surface area contributed by atoms with Gasteiger partial charge in [0.25, 0.3) is 0 Å². The number of hydrogen-bond donors (Lipinski definition) is 0. The smallest absolute Gasteiger partial charge is 0.0543 e. The molecular weight excluding hydrogens is 723 g/mol. The fraction of sp³-hybridized carbons (Fsp3) is 0.322. The third kappa shape index (κ3) is 7.29. The van der Waals surface area contributed by atoms with Gasteiger partial charge in [-0.3, -0.25) is 0 Å². The molecule has 0 aliphatic heterocycles. The third-order valence-corrected chi connectivity index (χ3v) is 13.1. The van der Waals surface area contributed by atoms with Gasteiger partial charge in [-0.15, -0.1) is 0 Å². The molecule has 0 saturated heterocycles. The summed E-state index contributed by atoms with van der Waals surface area (Å²) in [6, 6.07) is 53.6. The summed E-state index contributed by atoms with van der Waals surface area (Å²) in [4.78, 5) is 2.59. The molecule has 1 heteroatoms. The second-order valence-electron chi connectivity index (χ2n) is 22.0. The maximum atomic E-state index is 2.59. The van der Waals surface area contributed by atoms with Crippen LogP contribution >= 0.6 is 0 Å². The van der Waals surface area contributed by atoms with Crippen LogP contribution in [-0.2, 0) is 27.1 Å². The molecule has 0 heterocycles. The van der Waals surface area contributed by atoms with Crippen molar-refractivity contribution in [3.63, 3.8) is 0 Å². The van der Waals surface area contributed by atoms with Crippen molar-refractivity contribution >= 4 is 27.8 Å². The molecule has 1 aliphatic carbocycles. The lowest BCUT2D eigenvalue weighted by atomic mass is 9.78. The number of anilines is 3. The molecule has 0 atom stereocenters. The molecule has 0 spiro atoms. The van der Waals surface area contributed by atoms with Crippen LogP contribution in [0.3, 0.4) is 0 Å². The van der Waals surface area contributed by atoms with E-state index in [9.17, 15) is 0 Å². The molecule has 0 fully saturated rings. The van der Waals surface area contributed by atoms with Gasteiger partial charge in [0.1, 0.15) is 0 Å². The predicted molar refractivity (Wildman–Crippen MR) is 262 cm³/mol. The number of fused-ring (bicyclic) bond motifs is 4. The molecule has 0 unspecified atom stereocenters. The van der Waals surface area contributed by atoms with Crippen LogP contribution in [0.2, 0.25) is 0 Å². The van der Waals surface area contributed by atoms with Gasteiger partial charge in [0.2, 0.25) is 0 Å². The van der Waals surface area contributed by atoms with E-state index < -0.39 is 0 Å². The Morgan fingerprint density at radius 3 is 1.38 bits per heavy atom. The van der Waals surface area contributed by atoms with E-state index in [1.165, 1.54) is 94.6 Å².